The predicted octanol–water partition coefficient (Wildman–Crippen LogP) is 5.09. The molecular formula is C20H14N2O2S. The lowest BCUT2D eigenvalue weighted by atomic mass is 10.2. The minimum Gasteiger partial charge on any atom is -0.455 e. The van der Waals surface area contributed by atoms with Crippen molar-refractivity contribution in [3.05, 3.63) is 82.6 Å². The van der Waals surface area contributed by atoms with Gasteiger partial charge in [0.05, 0.1) is 5.69 Å². The first-order valence-corrected chi connectivity index (χ1v) is 8.48. The molecular weight excluding hydrogens is 332 g/mol. The number of rotatable bonds is 5. The van der Waals surface area contributed by atoms with Crippen LogP contribution >= 0.6 is 11.3 Å². The van der Waals surface area contributed by atoms with Crippen LogP contribution < -0.4 is 10.1 Å². The van der Waals surface area contributed by atoms with E-state index in [0.717, 1.165) is 5.56 Å². The number of carbonyl (C=O) groups excluding carboxylic acids is 1. The summed E-state index contributed by atoms with van der Waals surface area (Å²) in [6.45, 7) is 0. The highest BCUT2D eigenvalue weighted by atomic mass is 32.1. The third kappa shape index (κ3) is 4.34. The van der Waals surface area contributed by atoms with E-state index < -0.39 is 5.91 Å². The summed E-state index contributed by atoms with van der Waals surface area (Å²) in [7, 11) is 0. The predicted molar refractivity (Wildman–Crippen MR) is 99.5 cm³/mol. The molecule has 3 aromatic rings. The number of benzene rings is 2. The van der Waals surface area contributed by atoms with Crippen molar-refractivity contribution in [2.75, 3.05) is 5.32 Å². The second-order valence-electron chi connectivity index (χ2n) is 5.09. The Morgan fingerprint density at radius 3 is 2.56 bits per heavy atom. The molecule has 5 heteroatoms. The van der Waals surface area contributed by atoms with E-state index in [0.29, 0.717) is 17.2 Å². The quantitative estimate of drug-likeness (QED) is 0.517. The van der Waals surface area contributed by atoms with Gasteiger partial charge in [0, 0.05) is 0 Å². The molecule has 0 aliphatic carbocycles. The fraction of sp³-hybridized carbons (Fsp3) is 0. The molecule has 2 aromatic carbocycles. The van der Waals surface area contributed by atoms with Gasteiger partial charge in [-0.25, -0.2) is 0 Å². The summed E-state index contributed by atoms with van der Waals surface area (Å²) in [4.78, 5) is 12.4. The van der Waals surface area contributed by atoms with Gasteiger partial charge in [0.2, 0.25) is 0 Å². The number of para-hydroxylation sites is 3. The lowest BCUT2D eigenvalue weighted by Crippen LogP contribution is -2.14. The van der Waals surface area contributed by atoms with Crippen LogP contribution in [0.5, 0.6) is 11.5 Å². The topological polar surface area (TPSA) is 62.1 Å². The van der Waals surface area contributed by atoms with Crippen LogP contribution in [0.25, 0.3) is 6.08 Å². The number of hydrogen-bond acceptors (Lipinski definition) is 4. The molecule has 0 aliphatic rings. The van der Waals surface area contributed by atoms with Gasteiger partial charge in [-0.1, -0.05) is 30.3 Å². The van der Waals surface area contributed by atoms with Gasteiger partial charge in [0.15, 0.2) is 5.75 Å². The van der Waals surface area contributed by atoms with Gasteiger partial charge >= 0.3 is 0 Å². The molecule has 0 radical (unpaired) electrons. The molecule has 0 bridgehead atoms. The Labute approximate surface area is 149 Å². The van der Waals surface area contributed by atoms with Crippen molar-refractivity contribution >= 4 is 29.0 Å². The Balaban J connectivity index is 1.81. The maximum absolute atomic E-state index is 12.4. The third-order valence-electron chi connectivity index (χ3n) is 3.33. The molecule has 0 atom stereocenters. The molecule has 0 saturated heterocycles. The molecule has 0 aliphatic heterocycles. The molecule has 0 fully saturated rings. The van der Waals surface area contributed by atoms with Crippen LogP contribution in [-0.4, -0.2) is 5.91 Å². The number of amides is 1. The number of nitrogens with one attached hydrogen (secondary N) is 1. The standard InChI is InChI=1S/C20H14N2O2S/c21-13-16(12-15-10-11-25-14-15)20(23)22-18-8-4-5-9-19(18)24-17-6-2-1-3-7-17/h1-12,14H,(H,22,23)/b16-12+. The van der Waals surface area contributed by atoms with Crippen molar-refractivity contribution < 1.29 is 9.53 Å². The van der Waals surface area contributed by atoms with Crippen molar-refractivity contribution in [3.8, 4) is 17.6 Å². The molecule has 1 heterocycles. The van der Waals surface area contributed by atoms with Crippen LogP contribution in [0.15, 0.2) is 77.0 Å². The molecule has 0 spiro atoms. The number of nitriles is 1. The van der Waals surface area contributed by atoms with Crippen LogP contribution in [0.3, 0.4) is 0 Å². The van der Waals surface area contributed by atoms with Gasteiger partial charge in [-0.15, -0.1) is 0 Å². The summed E-state index contributed by atoms with van der Waals surface area (Å²) >= 11 is 1.51. The summed E-state index contributed by atoms with van der Waals surface area (Å²) in [5, 5.41) is 15.8. The third-order valence-corrected chi connectivity index (χ3v) is 4.03. The smallest absolute Gasteiger partial charge is 0.266 e. The molecule has 1 amide bonds. The van der Waals surface area contributed by atoms with Gasteiger partial charge < -0.3 is 10.1 Å². The van der Waals surface area contributed by atoms with E-state index in [2.05, 4.69) is 5.32 Å². The molecule has 3 rings (SSSR count). The van der Waals surface area contributed by atoms with Crippen molar-refractivity contribution in [1.29, 1.82) is 5.26 Å². The Kier molecular flexibility index (Phi) is 5.25. The summed E-state index contributed by atoms with van der Waals surface area (Å²) in [6.07, 6.45) is 1.56. The minimum absolute atomic E-state index is 0.0351. The molecule has 1 N–H and O–H groups in total. The Morgan fingerprint density at radius 2 is 1.84 bits per heavy atom. The van der Waals surface area contributed by atoms with E-state index in [1.54, 1.807) is 24.3 Å². The zero-order chi connectivity index (χ0) is 17.5. The van der Waals surface area contributed by atoms with Crippen LogP contribution in [0.4, 0.5) is 5.69 Å². The fourth-order valence-electron chi connectivity index (χ4n) is 2.14. The molecule has 25 heavy (non-hydrogen) atoms. The lowest BCUT2D eigenvalue weighted by molar-refractivity contribution is -0.112. The van der Waals surface area contributed by atoms with E-state index in [1.165, 1.54) is 11.3 Å². The zero-order valence-electron chi connectivity index (χ0n) is 13.2. The van der Waals surface area contributed by atoms with Gasteiger partial charge in [0.1, 0.15) is 17.4 Å². The molecule has 1 aromatic heterocycles. The van der Waals surface area contributed by atoms with Gasteiger partial charge in [-0.3, -0.25) is 4.79 Å². The van der Waals surface area contributed by atoms with Gasteiger partial charge in [-0.05, 0) is 52.7 Å². The highest BCUT2D eigenvalue weighted by molar-refractivity contribution is 7.08. The Morgan fingerprint density at radius 1 is 1.08 bits per heavy atom. The first kappa shape index (κ1) is 16.5. The van der Waals surface area contributed by atoms with Crippen LogP contribution in [-0.2, 0) is 4.79 Å². The number of anilines is 1. The maximum Gasteiger partial charge on any atom is 0.266 e. The monoisotopic (exact) mass is 346 g/mol. The Hall–Kier alpha value is -3.36. The average Bonchev–Trinajstić information content (AvgIpc) is 3.15. The SMILES string of the molecule is N#C/C(=C\c1ccsc1)C(=O)Nc1ccccc1Oc1ccccc1. The van der Waals surface area contributed by atoms with E-state index in [-0.39, 0.29) is 5.57 Å². The van der Waals surface area contributed by atoms with Crippen LogP contribution in [0, 0.1) is 11.3 Å². The van der Waals surface area contributed by atoms with E-state index in [1.807, 2.05) is 59.3 Å². The first-order valence-electron chi connectivity index (χ1n) is 7.53. The molecule has 122 valence electrons. The second-order valence-corrected chi connectivity index (χ2v) is 5.87. The van der Waals surface area contributed by atoms with Crippen molar-refractivity contribution in [3.63, 3.8) is 0 Å². The van der Waals surface area contributed by atoms with Crippen LogP contribution in [0.2, 0.25) is 0 Å². The van der Waals surface area contributed by atoms with Crippen molar-refractivity contribution in [2.24, 2.45) is 0 Å². The van der Waals surface area contributed by atoms with E-state index in [4.69, 9.17) is 4.74 Å². The molecule has 4 nitrogen and oxygen atoms in total. The van der Waals surface area contributed by atoms with Crippen LogP contribution in [0.1, 0.15) is 5.56 Å². The van der Waals surface area contributed by atoms with Gasteiger partial charge in [0.25, 0.3) is 5.91 Å². The summed E-state index contributed by atoms with van der Waals surface area (Å²) in [5.74, 6) is 0.700. The molecule has 0 unspecified atom stereocenters. The highest BCUT2D eigenvalue weighted by Gasteiger charge is 2.13. The summed E-state index contributed by atoms with van der Waals surface area (Å²) in [6, 6.07) is 20.2. The highest BCUT2D eigenvalue weighted by Crippen LogP contribution is 2.29. The number of thiophene rings is 1. The average molecular weight is 346 g/mol. The number of hydrogen-bond donors (Lipinski definition) is 1. The normalized spacial score (nSPS) is 10.8. The Bertz CT molecular complexity index is 926. The lowest BCUT2D eigenvalue weighted by Gasteiger charge is -2.11. The zero-order valence-corrected chi connectivity index (χ0v) is 14.0. The number of carbonyl (C=O) groups is 1. The molecule has 0 saturated carbocycles. The maximum atomic E-state index is 12.4. The number of ether oxygens (including phenoxy) is 1. The fourth-order valence-corrected chi connectivity index (χ4v) is 2.75. The minimum atomic E-state index is -0.474. The van der Waals surface area contributed by atoms with E-state index in [9.17, 15) is 10.1 Å². The summed E-state index contributed by atoms with van der Waals surface area (Å²) < 4.78 is 5.81. The van der Waals surface area contributed by atoms with E-state index >= 15 is 0 Å². The first-order chi connectivity index (χ1) is 12.3. The number of nitrogens with zero attached hydrogens (tertiary/aromatic N) is 1. The largest absolute Gasteiger partial charge is 0.455 e. The summed E-state index contributed by atoms with van der Waals surface area (Å²) in [5.41, 5.74) is 1.36. The van der Waals surface area contributed by atoms with Crippen molar-refractivity contribution in [1.82, 2.24) is 0 Å². The van der Waals surface area contributed by atoms with Gasteiger partial charge in [-0.2, -0.15) is 16.6 Å². The van der Waals surface area contributed by atoms with Crippen molar-refractivity contribution in [2.45, 2.75) is 0 Å². The second kappa shape index (κ2) is 7.95.